The molecule has 1 saturated carbocycles. The highest BCUT2D eigenvalue weighted by molar-refractivity contribution is 7.80. The molecule has 1 heterocycles. The first-order chi connectivity index (χ1) is 9.16. The van der Waals surface area contributed by atoms with E-state index < -0.39 is 0 Å². The summed E-state index contributed by atoms with van der Waals surface area (Å²) in [6, 6.07) is 3.79. The molecular formula is C14H20N2OS2. The van der Waals surface area contributed by atoms with Crippen LogP contribution in [0.1, 0.15) is 37.0 Å². The van der Waals surface area contributed by atoms with Crippen LogP contribution in [-0.2, 0) is 11.2 Å². The van der Waals surface area contributed by atoms with E-state index in [0.29, 0.717) is 17.3 Å². The topological polar surface area (TPSA) is 55.1 Å². The minimum absolute atomic E-state index is 0.0193. The molecule has 1 fully saturated rings. The van der Waals surface area contributed by atoms with Crippen LogP contribution in [0.3, 0.4) is 0 Å². The van der Waals surface area contributed by atoms with E-state index in [-0.39, 0.29) is 11.9 Å². The van der Waals surface area contributed by atoms with Gasteiger partial charge < -0.3 is 11.1 Å². The molecule has 0 aromatic carbocycles. The lowest BCUT2D eigenvalue weighted by atomic mass is 9.84. The quantitative estimate of drug-likeness (QED) is 0.821. The van der Waals surface area contributed by atoms with Crippen LogP contribution in [0, 0.1) is 5.92 Å². The highest BCUT2D eigenvalue weighted by Gasteiger charge is 2.27. The second-order valence-electron chi connectivity index (χ2n) is 5.10. The highest BCUT2D eigenvalue weighted by atomic mass is 32.1. The van der Waals surface area contributed by atoms with Gasteiger partial charge in [-0.25, -0.2) is 0 Å². The highest BCUT2D eigenvalue weighted by Crippen LogP contribution is 2.26. The van der Waals surface area contributed by atoms with Crippen LogP contribution in [0.5, 0.6) is 0 Å². The van der Waals surface area contributed by atoms with E-state index in [1.54, 1.807) is 11.3 Å². The lowest BCUT2D eigenvalue weighted by Gasteiger charge is -2.30. The molecule has 1 amide bonds. The number of nitrogens with one attached hydrogen (secondary N) is 1. The molecule has 5 heteroatoms. The maximum absolute atomic E-state index is 12.0. The van der Waals surface area contributed by atoms with Gasteiger partial charge in [0.2, 0.25) is 5.91 Å². The molecule has 0 aliphatic heterocycles. The summed E-state index contributed by atoms with van der Waals surface area (Å²) in [5.74, 6) is 0.435. The summed E-state index contributed by atoms with van der Waals surface area (Å²) < 4.78 is 0. The van der Waals surface area contributed by atoms with Crippen molar-refractivity contribution in [2.75, 3.05) is 0 Å². The third-order valence-corrected chi connectivity index (χ3v) is 4.79. The summed E-state index contributed by atoms with van der Waals surface area (Å²) in [7, 11) is 0. The number of carbonyl (C=O) groups excluding carboxylic acids is 1. The lowest BCUT2D eigenvalue weighted by Crippen LogP contribution is -2.49. The van der Waals surface area contributed by atoms with Crippen molar-refractivity contribution in [2.45, 2.75) is 44.6 Å². The average Bonchev–Trinajstić information content (AvgIpc) is 2.89. The van der Waals surface area contributed by atoms with Gasteiger partial charge in [-0.05, 0) is 30.2 Å². The van der Waals surface area contributed by atoms with Crippen LogP contribution in [0.4, 0.5) is 0 Å². The molecule has 0 radical (unpaired) electrons. The number of amides is 1. The molecule has 1 atom stereocenters. The van der Waals surface area contributed by atoms with Gasteiger partial charge in [-0.2, -0.15) is 0 Å². The molecule has 0 saturated heterocycles. The van der Waals surface area contributed by atoms with Crippen molar-refractivity contribution in [3.05, 3.63) is 22.4 Å². The molecule has 0 bridgehead atoms. The zero-order valence-corrected chi connectivity index (χ0v) is 12.6. The van der Waals surface area contributed by atoms with Crippen molar-refractivity contribution >= 4 is 34.5 Å². The zero-order valence-electron chi connectivity index (χ0n) is 10.9. The molecule has 0 spiro atoms. The summed E-state index contributed by atoms with van der Waals surface area (Å²) in [6.07, 6.45) is 6.35. The van der Waals surface area contributed by atoms with E-state index in [2.05, 4.69) is 5.32 Å². The van der Waals surface area contributed by atoms with Gasteiger partial charge in [0.25, 0.3) is 0 Å². The molecule has 1 aliphatic rings. The van der Waals surface area contributed by atoms with Crippen molar-refractivity contribution in [2.24, 2.45) is 11.7 Å². The Morgan fingerprint density at radius 1 is 1.47 bits per heavy atom. The maximum atomic E-state index is 12.0. The zero-order chi connectivity index (χ0) is 13.7. The Hall–Kier alpha value is -0.940. The van der Waals surface area contributed by atoms with Crippen LogP contribution >= 0.6 is 23.6 Å². The van der Waals surface area contributed by atoms with Crippen LogP contribution in [-0.4, -0.2) is 16.9 Å². The summed E-state index contributed by atoms with van der Waals surface area (Å²) in [4.78, 5) is 13.5. The molecule has 3 N–H and O–H groups in total. The molecule has 3 nitrogen and oxygen atoms in total. The summed E-state index contributed by atoms with van der Waals surface area (Å²) in [5.41, 5.74) is 5.81. The second-order valence-corrected chi connectivity index (χ2v) is 6.61. The van der Waals surface area contributed by atoms with Crippen molar-refractivity contribution < 1.29 is 4.79 Å². The van der Waals surface area contributed by atoms with E-state index in [4.69, 9.17) is 18.0 Å². The summed E-state index contributed by atoms with van der Waals surface area (Å²) >= 11 is 6.73. The minimum atomic E-state index is -0.136. The van der Waals surface area contributed by atoms with Gasteiger partial charge in [0.05, 0.1) is 17.5 Å². The fourth-order valence-corrected chi connectivity index (χ4v) is 3.64. The first kappa shape index (κ1) is 14.5. The normalized spacial score (nSPS) is 17.9. The third kappa shape index (κ3) is 4.28. The Morgan fingerprint density at radius 3 is 2.79 bits per heavy atom. The molecule has 1 aromatic heterocycles. The first-order valence-corrected chi connectivity index (χ1v) is 8.06. The van der Waals surface area contributed by atoms with Crippen LogP contribution in [0.15, 0.2) is 17.5 Å². The Kier molecular flexibility index (Phi) is 5.34. The largest absolute Gasteiger partial charge is 0.392 e. The number of thiocarbonyl (C=S) groups is 1. The van der Waals surface area contributed by atoms with Crippen molar-refractivity contribution in [1.29, 1.82) is 0 Å². The molecular weight excluding hydrogens is 276 g/mol. The molecule has 19 heavy (non-hydrogen) atoms. The van der Waals surface area contributed by atoms with Crippen LogP contribution in [0.25, 0.3) is 0 Å². The summed E-state index contributed by atoms with van der Waals surface area (Å²) in [5, 5.41) is 5.01. The number of carbonyl (C=O) groups is 1. The molecule has 1 aliphatic carbocycles. The van der Waals surface area contributed by atoms with Gasteiger partial charge in [0.1, 0.15) is 0 Å². The molecule has 1 aromatic rings. The number of thiophene rings is 1. The van der Waals surface area contributed by atoms with Crippen molar-refractivity contribution in [1.82, 2.24) is 5.32 Å². The lowest BCUT2D eigenvalue weighted by molar-refractivity contribution is -0.121. The van der Waals surface area contributed by atoms with Gasteiger partial charge in [0.15, 0.2) is 0 Å². The predicted octanol–water partition coefficient (Wildman–Crippen LogP) is 2.64. The number of rotatable bonds is 5. The van der Waals surface area contributed by atoms with Gasteiger partial charge in [-0.1, -0.05) is 37.5 Å². The third-order valence-electron chi connectivity index (χ3n) is 3.66. The minimum Gasteiger partial charge on any atom is -0.392 e. The SMILES string of the molecule is NC(=S)C(NC(=O)Cc1cccs1)C1CCCCC1. The fourth-order valence-electron chi connectivity index (χ4n) is 2.68. The second kappa shape index (κ2) is 7.01. The van der Waals surface area contributed by atoms with Gasteiger partial charge >= 0.3 is 0 Å². The van der Waals surface area contributed by atoms with Crippen LogP contribution in [0.2, 0.25) is 0 Å². The van der Waals surface area contributed by atoms with Gasteiger partial charge in [0, 0.05) is 4.88 Å². The smallest absolute Gasteiger partial charge is 0.225 e. The molecule has 1 unspecified atom stereocenters. The number of nitrogens with two attached hydrogens (primary N) is 1. The monoisotopic (exact) mass is 296 g/mol. The van der Waals surface area contributed by atoms with E-state index in [9.17, 15) is 4.79 Å². The maximum Gasteiger partial charge on any atom is 0.225 e. The van der Waals surface area contributed by atoms with Crippen LogP contribution < -0.4 is 11.1 Å². The van der Waals surface area contributed by atoms with E-state index >= 15 is 0 Å². The molecule has 2 rings (SSSR count). The summed E-state index contributed by atoms with van der Waals surface area (Å²) in [6.45, 7) is 0. The van der Waals surface area contributed by atoms with E-state index in [0.717, 1.165) is 17.7 Å². The first-order valence-electron chi connectivity index (χ1n) is 6.78. The predicted molar refractivity (Wildman–Crippen MR) is 83.3 cm³/mol. The Morgan fingerprint density at radius 2 is 2.21 bits per heavy atom. The fraction of sp³-hybridized carbons (Fsp3) is 0.571. The molecule has 104 valence electrons. The number of hydrogen-bond acceptors (Lipinski definition) is 3. The Labute approximate surface area is 123 Å². The Bertz CT molecular complexity index is 425. The number of hydrogen-bond donors (Lipinski definition) is 2. The van der Waals surface area contributed by atoms with E-state index in [1.165, 1.54) is 19.3 Å². The van der Waals surface area contributed by atoms with Gasteiger partial charge in [-0.15, -0.1) is 11.3 Å². The standard InChI is InChI=1S/C14H20N2OS2/c15-14(18)13(10-5-2-1-3-6-10)16-12(17)9-11-7-4-8-19-11/h4,7-8,10,13H,1-3,5-6,9H2,(H2,15,18)(H,16,17). The van der Waals surface area contributed by atoms with Crippen molar-refractivity contribution in [3.63, 3.8) is 0 Å². The average molecular weight is 296 g/mol. The van der Waals surface area contributed by atoms with Crippen molar-refractivity contribution in [3.8, 4) is 0 Å². The Balaban J connectivity index is 1.92. The van der Waals surface area contributed by atoms with Gasteiger partial charge in [-0.3, -0.25) is 4.79 Å². The van der Waals surface area contributed by atoms with E-state index in [1.807, 2.05) is 17.5 Å².